The first-order valence-electron chi connectivity index (χ1n) is 7.54. The van der Waals surface area contributed by atoms with Crippen LogP contribution in [0, 0.1) is 0 Å². The molecular weight excluding hydrogens is 420 g/mol. The topological polar surface area (TPSA) is 69.0 Å². The summed E-state index contributed by atoms with van der Waals surface area (Å²) >= 11 is 9.66. The summed E-state index contributed by atoms with van der Waals surface area (Å²) in [6.45, 7) is 0. The van der Waals surface area contributed by atoms with Gasteiger partial charge in [0, 0.05) is 16.1 Å². The van der Waals surface area contributed by atoms with Crippen LogP contribution < -0.4 is 10.1 Å². The second-order valence-electron chi connectivity index (χ2n) is 5.18. The molecule has 0 aliphatic carbocycles. The molecule has 2 aromatic carbocycles. The third-order valence-electron chi connectivity index (χ3n) is 3.50. The number of carbonyl (C=O) groups is 1. The zero-order chi connectivity index (χ0) is 18.5. The highest BCUT2D eigenvalue weighted by molar-refractivity contribution is 9.10. The van der Waals surface area contributed by atoms with Crippen LogP contribution in [0.1, 0.15) is 5.56 Å². The van der Waals surface area contributed by atoms with Crippen molar-refractivity contribution in [3.8, 4) is 11.4 Å². The molecule has 3 rings (SSSR count). The molecule has 0 unspecified atom stereocenters. The van der Waals surface area contributed by atoms with Gasteiger partial charge in [0.15, 0.2) is 0 Å². The lowest BCUT2D eigenvalue weighted by molar-refractivity contribution is -0.111. The molecule has 0 radical (unpaired) electrons. The van der Waals surface area contributed by atoms with Gasteiger partial charge in [-0.05, 0) is 36.4 Å². The highest BCUT2D eigenvalue weighted by atomic mass is 79.9. The van der Waals surface area contributed by atoms with E-state index in [0.29, 0.717) is 22.1 Å². The molecule has 6 nitrogen and oxygen atoms in total. The van der Waals surface area contributed by atoms with Gasteiger partial charge in [-0.2, -0.15) is 5.10 Å². The standard InChI is InChI=1S/C18H14BrClN4O2/c1-26-16-7-6-13(19)9-12(16)5-8-17(25)23-15-4-2-3-14(20)18(15)24-11-21-10-22-24/h2-11H,1H3,(H,23,25)/b8-5+. The van der Waals surface area contributed by atoms with E-state index in [1.807, 2.05) is 18.2 Å². The first kappa shape index (κ1) is 18.2. The summed E-state index contributed by atoms with van der Waals surface area (Å²) in [5.41, 5.74) is 1.85. The second-order valence-corrected chi connectivity index (χ2v) is 6.51. The smallest absolute Gasteiger partial charge is 0.248 e. The monoisotopic (exact) mass is 432 g/mol. The van der Waals surface area contributed by atoms with Crippen LogP contribution in [0.5, 0.6) is 5.75 Å². The Morgan fingerprint density at radius 1 is 1.35 bits per heavy atom. The van der Waals surface area contributed by atoms with E-state index < -0.39 is 0 Å². The highest BCUT2D eigenvalue weighted by Crippen LogP contribution is 2.28. The number of aromatic nitrogens is 3. The second kappa shape index (κ2) is 8.16. The maximum atomic E-state index is 12.4. The van der Waals surface area contributed by atoms with Gasteiger partial charge in [-0.15, -0.1) is 0 Å². The quantitative estimate of drug-likeness (QED) is 0.608. The number of rotatable bonds is 5. The Labute approximate surface area is 163 Å². The van der Waals surface area contributed by atoms with Gasteiger partial charge in [-0.1, -0.05) is 33.6 Å². The van der Waals surface area contributed by atoms with Crippen LogP contribution in [0.4, 0.5) is 5.69 Å². The summed E-state index contributed by atoms with van der Waals surface area (Å²) in [6.07, 6.45) is 6.02. The predicted molar refractivity (Wildman–Crippen MR) is 105 cm³/mol. The number of para-hydroxylation sites is 1. The van der Waals surface area contributed by atoms with E-state index >= 15 is 0 Å². The van der Waals surface area contributed by atoms with Crippen molar-refractivity contribution < 1.29 is 9.53 Å². The normalized spacial score (nSPS) is 10.9. The number of benzene rings is 2. The molecule has 0 atom stereocenters. The summed E-state index contributed by atoms with van der Waals surface area (Å²) in [6, 6.07) is 10.8. The molecule has 0 fully saturated rings. The third kappa shape index (κ3) is 4.12. The largest absolute Gasteiger partial charge is 0.496 e. The predicted octanol–water partition coefficient (Wildman–Crippen LogP) is 4.34. The lowest BCUT2D eigenvalue weighted by Crippen LogP contribution is -2.11. The number of hydrogen-bond donors (Lipinski definition) is 1. The van der Waals surface area contributed by atoms with Crippen LogP contribution in [-0.2, 0) is 4.79 Å². The molecule has 1 N–H and O–H groups in total. The molecule has 0 saturated carbocycles. The molecule has 0 aliphatic rings. The fourth-order valence-electron chi connectivity index (χ4n) is 2.35. The van der Waals surface area contributed by atoms with Crippen molar-refractivity contribution >= 4 is 45.2 Å². The van der Waals surface area contributed by atoms with E-state index in [9.17, 15) is 4.79 Å². The fraction of sp³-hybridized carbons (Fsp3) is 0.0556. The van der Waals surface area contributed by atoms with Crippen molar-refractivity contribution in [3.63, 3.8) is 0 Å². The third-order valence-corrected chi connectivity index (χ3v) is 4.30. The minimum atomic E-state index is -0.310. The molecule has 26 heavy (non-hydrogen) atoms. The van der Waals surface area contributed by atoms with Crippen LogP contribution in [0.25, 0.3) is 11.8 Å². The van der Waals surface area contributed by atoms with Crippen molar-refractivity contribution in [1.82, 2.24) is 14.8 Å². The lowest BCUT2D eigenvalue weighted by Gasteiger charge is -2.11. The maximum Gasteiger partial charge on any atom is 0.248 e. The molecule has 8 heteroatoms. The van der Waals surface area contributed by atoms with Crippen LogP contribution in [0.3, 0.4) is 0 Å². The van der Waals surface area contributed by atoms with Gasteiger partial charge in [-0.25, -0.2) is 9.67 Å². The van der Waals surface area contributed by atoms with Crippen LogP contribution in [-0.4, -0.2) is 27.8 Å². The van der Waals surface area contributed by atoms with Crippen LogP contribution >= 0.6 is 27.5 Å². The number of ether oxygens (including phenoxy) is 1. The Bertz CT molecular complexity index is 958. The SMILES string of the molecule is COc1ccc(Br)cc1/C=C/C(=O)Nc1cccc(Cl)c1-n1cncn1. The molecule has 1 amide bonds. The van der Waals surface area contributed by atoms with Crippen LogP contribution in [0.2, 0.25) is 5.02 Å². The number of amides is 1. The summed E-state index contributed by atoms with van der Waals surface area (Å²) in [4.78, 5) is 16.3. The molecule has 0 bridgehead atoms. The average molecular weight is 434 g/mol. The van der Waals surface area contributed by atoms with Crippen molar-refractivity contribution in [1.29, 1.82) is 0 Å². The zero-order valence-corrected chi connectivity index (χ0v) is 16.0. The first-order chi connectivity index (χ1) is 12.6. The van der Waals surface area contributed by atoms with Gasteiger partial charge in [0.05, 0.1) is 17.8 Å². The Hall–Kier alpha value is -2.64. The Morgan fingerprint density at radius 2 is 2.19 bits per heavy atom. The summed E-state index contributed by atoms with van der Waals surface area (Å²) < 4.78 is 7.68. The maximum absolute atomic E-state index is 12.4. The lowest BCUT2D eigenvalue weighted by atomic mass is 10.2. The molecule has 3 aromatic rings. The number of anilines is 1. The molecule has 0 saturated heterocycles. The highest BCUT2D eigenvalue weighted by Gasteiger charge is 2.11. The van der Waals surface area contributed by atoms with Gasteiger partial charge < -0.3 is 10.1 Å². The summed E-state index contributed by atoms with van der Waals surface area (Å²) in [5.74, 6) is 0.360. The first-order valence-corrected chi connectivity index (χ1v) is 8.71. The zero-order valence-electron chi connectivity index (χ0n) is 13.7. The fourth-order valence-corrected chi connectivity index (χ4v) is 2.99. The van der Waals surface area contributed by atoms with E-state index in [4.69, 9.17) is 16.3 Å². The summed E-state index contributed by atoms with van der Waals surface area (Å²) in [7, 11) is 1.58. The molecule has 132 valence electrons. The molecule has 1 heterocycles. The van der Waals surface area contributed by atoms with E-state index in [0.717, 1.165) is 10.0 Å². The number of hydrogen-bond acceptors (Lipinski definition) is 4. The van der Waals surface area contributed by atoms with Crippen molar-refractivity contribution in [2.75, 3.05) is 12.4 Å². The van der Waals surface area contributed by atoms with Crippen molar-refractivity contribution in [3.05, 3.63) is 70.2 Å². The minimum absolute atomic E-state index is 0.310. The minimum Gasteiger partial charge on any atom is -0.496 e. The number of nitrogens with zero attached hydrogens (tertiary/aromatic N) is 3. The Kier molecular flexibility index (Phi) is 5.70. The number of methoxy groups -OCH3 is 1. The van der Waals surface area contributed by atoms with Crippen molar-refractivity contribution in [2.24, 2.45) is 0 Å². The summed E-state index contributed by atoms with van der Waals surface area (Å²) in [5, 5.41) is 7.33. The number of carbonyl (C=O) groups excluding carboxylic acids is 1. The molecular formula is C18H14BrClN4O2. The van der Waals surface area contributed by atoms with Gasteiger partial charge in [0.2, 0.25) is 5.91 Å². The average Bonchev–Trinajstić information content (AvgIpc) is 3.14. The van der Waals surface area contributed by atoms with Crippen molar-refractivity contribution in [2.45, 2.75) is 0 Å². The van der Waals surface area contributed by atoms with Gasteiger partial charge in [0.25, 0.3) is 0 Å². The van der Waals surface area contributed by atoms with Crippen LogP contribution in [0.15, 0.2) is 59.6 Å². The van der Waals surface area contributed by atoms with Gasteiger partial charge >= 0.3 is 0 Å². The molecule has 1 aromatic heterocycles. The molecule has 0 spiro atoms. The van der Waals surface area contributed by atoms with Gasteiger partial charge in [0.1, 0.15) is 24.1 Å². The Balaban J connectivity index is 1.84. The van der Waals surface area contributed by atoms with E-state index in [1.54, 1.807) is 31.4 Å². The van der Waals surface area contributed by atoms with E-state index in [1.165, 1.54) is 23.4 Å². The molecule has 0 aliphatic heterocycles. The number of halogens is 2. The number of nitrogens with one attached hydrogen (secondary N) is 1. The van der Waals surface area contributed by atoms with Gasteiger partial charge in [-0.3, -0.25) is 4.79 Å². The Morgan fingerprint density at radius 3 is 2.92 bits per heavy atom. The van der Waals surface area contributed by atoms with E-state index in [2.05, 4.69) is 31.3 Å². The van der Waals surface area contributed by atoms with E-state index in [-0.39, 0.29) is 5.91 Å².